The summed E-state index contributed by atoms with van der Waals surface area (Å²) in [6.07, 6.45) is -0.726. The van der Waals surface area contributed by atoms with Gasteiger partial charge in [0.15, 0.2) is 0 Å². The summed E-state index contributed by atoms with van der Waals surface area (Å²) in [4.78, 5) is 21.6. The number of carbonyl (C=O) groups is 1. The number of ether oxygens (including phenoxy) is 1. The monoisotopic (exact) mass is 208 g/mol. The van der Waals surface area contributed by atoms with E-state index in [1.807, 2.05) is 18.2 Å². The molecule has 5 nitrogen and oxygen atoms in total. The van der Waals surface area contributed by atoms with Crippen molar-refractivity contribution in [3.63, 3.8) is 0 Å². The molecule has 0 saturated carbocycles. The Kier molecular flexibility index (Phi) is 4.28. The first-order valence-corrected chi connectivity index (χ1v) is 4.59. The summed E-state index contributed by atoms with van der Waals surface area (Å²) in [5.74, 6) is 0. The van der Waals surface area contributed by atoms with Gasteiger partial charge in [-0.05, 0) is 12.5 Å². The van der Waals surface area contributed by atoms with Gasteiger partial charge in [-0.15, -0.1) is 4.91 Å². The Balaban J connectivity index is 2.62. The molecule has 0 bridgehead atoms. The minimum atomic E-state index is -0.726. The van der Waals surface area contributed by atoms with Crippen LogP contribution in [0.3, 0.4) is 0 Å². The molecule has 5 heteroatoms. The molecular formula is C10H12N2O3. The second-order valence-corrected chi connectivity index (χ2v) is 2.82. The fourth-order valence-corrected chi connectivity index (χ4v) is 1.08. The minimum Gasteiger partial charge on any atom is -0.448 e. The van der Waals surface area contributed by atoms with E-state index in [2.05, 4.69) is 10.0 Å². The van der Waals surface area contributed by atoms with Crippen molar-refractivity contribution in [2.45, 2.75) is 13.5 Å². The van der Waals surface area contributed by atoms with Crippen LogP contribution in [-0.4, -0.2) is 17.7 Å². The highest BCUT2D eigenvalue weighted by atomic mass is 16.6. The second kappa shape index (κ2) is 5.74. The zero-order valence-corrected chi connectivity index (χ0v) is 8.42. The molecule has 0 saturated heterocycles. The van der Waals surface area contributed by atoms with Crippen molar-refractivity contribution < 1.29 is 9.53 Å². The summed E-state index contributed by atoms with van der Waals surface area (Å²) < 4.78 is 4.66. The fourth-order valence-electron chi connectivity index (χ4n) is 1.08. The van der Waals surface area contributed by atoms with E-state index in [0.29, 0.717) is 0 Å². The fraction of sp³-hybridized carbons (Fsp3) is 0.300. The Labute approximate surface area is 87.6 Å². The SMILES string of the molecule is CCOC(=O)N(Cc1ccccc1)N=O. The van der Waals surface area contributed by atoms with Crippen molar-refractivity contribution in [1.29, 1.82) is 0 Å². The molecule has 1 rings (SSSR count). The Morgan fingerprint density at radius 2 is 2.07 bits per heavy atom. The van der Waals surface area contributed by atoms with Gasteiger partial charge in [-0.1, -0.05) is 30.3 Å². The maximum absolute atomic E-state index is 11.2. The molecule has 0 spiro atoms. The van der Waals surface area contributed by atoms with Gasteiger partial charge in [-0.2, -0.15) is 5.01 Å². The van der Waals surface area contributed by atoms with Gasteiger partial charge in [0.1, 0.15) is 0 Å². The van der Waals surface area contributed by atoms with E-state index in [1.165, 1.54) is 0 Å². The highest BCUT2D eigenvalue weighted by molar-refractivity contribution is 5.67. The molecule has 15 heavy (non-hydrogen) atoms. The minimum absolute atomic E-state index is 0.128. The summed E-state index contributed by atoms with van der Waals surface area (Å²) in [6.45, 7) is 2.02. The van der Waals surface area contributed by atoms with E-state index < -0.39 is 6.09 Å². The molecule has 0 N–H and O–H groups in total. The quantitative estimate of drug-likeness (QED) is 0.563. The van der Waals surface area contributed by atoms with E-state index in [1.54, 1.807) is 19.1 Å². The Bertz CT molecular complexity index is 327. The summed E-state index contributed by atoms with van der Waals surface area (Å²) in [6, 6.07) is 9.11. The van der Waals surface area contributed by atoms with Gasteiger partial charge < -0.3 is 4.74 Å². The Morgan fingerprint density at radius 3 is 2.60 bits per heavy atom. The zero-order valence-electron chi connectivity index (χ0n) is 8.42. The first-order chi connectivity index (χ1) is 7.27. The number of nitrogens with zero attached hydrogens (tertiary/aromatic N) is 2. The van der Waals surface area contributed by atoms with E-state index in [0.717, 1.165) is 10.6 Å². The Morgan fingerprint density at radius 1 is 1.40 bits per heavy atom. The van der Waals surface area contributed by atoms with Crippen LogP contribution < -0.4 is 0 Å². The summed E-state index contributed by atoms with van der Waals surface area (Å²) >= 11 is 0. The van der Waals surface area contributed by atoms with Gasteiger partial charge in [0.05, 0.1) is 18.4 Å². The first kappa shape index (κ1) is 11.2. The van der Waals surface area contributed by atoms with Crippen LogP contribution in [0.5, 0.6) is 0 Å². The van der Waals surface area contributed by atoms with Gasteiger partial charge in [0, 0.05) is 0 Å². The van der Waals surface area contributed by atoms with Crippen LogP contribution in [0.4, 0.5) is 4.79 Å². The van der Waals surface area contributed by atoms with Gasteiger partial charge in [-0.3, -0.25) is 0 Å². The maximum atomic E-state index is 11.2. The van der Waals surface area contributed by atoms with Gasteiger partial charge in [-0.25, -0.2) is 4.79 Å². The lowest BCUT2D eigenvalue weighted by atomic mass is 10.2. The van der Waals surface area contributed by atoms with Crippen LogP contribution in [0, 0.1) is 4.91 Å². The molecule has 80 valence electrons. The van der Waals surface area contributed by atoms with Crippen molar-refractivity contribution in [1.82, 2.24) is 5.01 Å². The molecule has 0 unspecified atom stereocenters. The molecule has 0 heterocycles. The second-order valence-electron chi connectivity index (χ2n) is 2.82. The lowest BCUT2D eigenvalue weighted by Crippen LogP contribution is -2.25. The smallest absolute Gasteiger partial charge is 0.433 e. The maximum Gasteiger partial charge on any atom is 0.433 e. The topological polar surface area (TPSA) is 59.0 Å². The standard InChI is InChI=1S/C10H12N2O3/c1-2-15-10(13)12(11-14)8-9-6-4-3-5-7-9/h3-7H,2,8H2,1H3. The third-order valence-corrected chi connectivity index (χ3v) is 1.75. The molecule has 0 fully saturated rings. The molecule has 0 aliphatic heterocycles. The van der Waals surface area contributed by atoms with Crippen LogP contribution in [0.15, 0.2) is 35.6 Å². The zero-order chi connectivity index (χ0) is 11.1. The number of rotatable bonds is 4. The summed E-state index contributed by atoms with van der Waals surface area (Å²) in [7, 11) is 0. The van der Waals surface area contributed by atoms with E-state index in [4.69, 9.17) is 0 Å². The molecule has 0 aliphatic rings. The molecule has 1 aromatic rings. The average Bonchev–Trinajstić information content (AvgIpc) is 2.27. The average molecular weight is 208 g/mol. The third-order valence-electron chi connectivity index (χ3n) is 1.75. The lowest BCUT2D eigenvalue weighted by Gasteiger charge is -2.12. The third kappa shape index (κ3) is 3.38. The number of hydrogen-bond donors (Lipinski definition) is 0. The van der Waals surface area contributed by atoms with Crippen LogP contribution in [0.1, 0.15) is 12.5 Å². The van der Waals surface area contributed by atoms with Gasteiger partial charge >= 0.3 is 6.09 Å². The predicted octanol–water partition coefficient (Wildman–Crippen LogP) is 2.33. The van der Waals surface area contributed by atoms with Crippen LogP contribution >= 0.6 is 0 Å². The van der Waals surface area contributed by atoms with Crippen LogP contribution in [-0.2, 0) is 11.3 Å². The van der Waals surface area contributed by atoms with E-state index in [-0.39, 0.29) is 13.2 Å². The van der Waals surface area contributed by atoms with Gasteiger partial charge in [0.2, 0.25) is 0 Å². The van der Waals surface area contributed by atoms with Crippen molar-refractivity contribution in [3.05, 3.63) is 40.8 Å². The van der Waals surface area contributed by atoms with Gasteiger partial charge in [0.25, 0.3) is 0 Å². The predicted molar refractivity (Wildman–Crippen MR) is 54.8 cm³/mol. The van der Waals surface area contributed by atoms with Crippen molar-refractivity contribution in [2.75, 3.05) is 6.61 Å². The number of hydrogen-bond acceptors (Lipinski definition) is 4. The summed E-state index contributed by atoms with van der Waals surface area (Å²) in [5.41, 5.74) is 0.824. The normalized spacial score (nSPS) is 9.40. The number of carbonyl (C=O) groups excluding carboxylic acids is 1. The van der Waals surface area contributed by atoms with Crippen LogP contribution in [0.2, 0.25) is 0 Å². The molecular weight excluding hydrogens is 196 g/mol. The molecule has 1 aromatic carbocycles. The van der Waals surface area contributed by atoms with Crippen molar-refractivity contribution in [3.8, 4) is 0 Å². The molecule has 0 aliphatic carbocycles. The lowest BCUT2D eigenvalue weighted by molar-refractivity contribution is 0.105. The molecule has 0 atom stereocenters. The first-order valence-electron chi connectivity index (χ1n) is 4.59. The Hall–Kier alpha value is -1.91. The number of nitroso groups, excluding NO2 is 1. The molecule has 0 aromatic heterocycles. The van der Waals surface area contributed by atoms with E-state index in [9.17, 15) is 9.70 Å². The molecule has 0 radical (unpaired) electrons. The van der Waals surface area contributed by atoms with Crippen molar-refractivity contribution >= 4 is 6.09 Å². The van der Waals surface area contributed by atoms with E-state index >= 15 is 0 Å². The van der Waals surface area contributed by atoms with Crippen LogP contribution in [0.25, 0.3) is 0 Å². The number of amides is 1. The highest BCUT2D eigenvalue weighted by Crippen LogP contribution is 2.06. The van der Waals surface area contributed by atoms with Crippen molar-refractivity contribution in [2.24, 2.45) is 5.29 Å². The number of benzene rings is 1. The molecule has 1 amide bonds. The largest absolute Gasteiger partial charge is 0.448 e. The highest BCUT2D eigenvalue weighted by Gasteiger charge is 2.14. The summed E-state index contributed by atoms with van der Waals surface area (Å²) in [5, 5.41) is 3.36.